The van der Waals surface area contributed by atoms with Crippen LogP contribution >= 0.6 is 0 Å². The number of aryl methyl sites for hydroxylation is 2. The molecule has 0 spiro atoms. The van der Waals surface area contributed by atoms with Gasteiger partial charge in [0.2, 0.25) is 5.91 Å². The monoisotopic (exact) mass is 315 g/mol. The van der Waals surface area contributed by atoms with Crippen molar-refractivity contribution in [3.05, 3.63) is 29.6 Å². The Morgan fingerprint density at radius 2 is 2.17 bits per heavy atom. The summed E-state index contributed by atoms with van der Waals surface area (Å²) in [6.07, 6.45) is 2.55. The first-order valence-electron chi connectivity index (χ1n) is 7.95. The van der Waals surface area contributed by atoms with Crippen molar-refractivity contribution in [2.75, 3.05) is 0 Å². The van der Waals surface area contributed by atoms with Crippen molar-refractivity contribution in [2.24, 2.45) is 0 Å². The Balaban J connectivity index is 1.69. The second kappa shape index (κ2) is 6.02. The molecule has 2 N–H and O–H groups in total. The molecule has 0 radical (unpaired) electrons. The number of carboxylic acids is 1. The highest BCUT2D eigenvalue weighted by molar-refractivity contribution is 5.84. The molecule has 1 aliphatic carbocycles. The summed E-state index contributed by atoms with van der Waals surface area (Å²) in [6.45, 7) is 3.57. The molecule has 1 aliphatic rings. The van der Waals surface area contributed by atoms with Crippen LogP contribution in [-0.4, -0.2) is 43.9 Å². The second-order valence-corrected chi connectivity index (χ2v) is 6.20. The Bertz CT molecular complexity index is 749. The van der Waals surface area contributed by atoms with Gasteiger partial charge in [-0.25, -0.2) is 9.78 Å². The smallest absolute Gasteiger partial charge is 0.326 e. The molecule has 1 aromatic heterocycles. The van der Waals surface area contributed by atoms with Crippen molar-refractivity contribution in [1.29, 1.82) is 0 Å². The van der Waals surface area contributed by atoms with Gasteiger partial charge in [0.15, 0.2) is 0 Å². The predicted molar refractivity (Wildman–Crippen MR) is 86.1 cm³/mol. The zero-order valence-electron chi connectivity index (χ0n) is 13.4. The van der Waals surface area contributed by atoms with Gasteiger partial charge in [-0.3, -0.25) is 4.79 Å². The summed E-state index contributed by atoms with van der Waals surface area (Å²) in [6, 6.07) is 5.25. The fraction of sp³-hybridized carbons (Fsp3) is 0.471. The highest BCUT2D eigenvalue weighted by atomic mass is 16.4. The molecule has 1 fully saturated rings. The number of nitrogens with zero attached hydrogens (tertiary/aromatic N) is 2. The second-order valence-electron chi connectivity index (χ2n) is 6.20. The highest BCUT2D eigenvalue weighted by Crippen LogP contribution is 2.29. The third-order valence-electron chi connectivity index (χ3n) is 4.34. The summed E-state index contributed by atoms with van der Waals surface area (Å²) in [7, 11) is 0. The maximum atomic E-state index is 12.4. The first kappa shape index (κ1) is 15.5. The summed E-state index contributed by atoms with van der Waals surface area (Å²) in [5, 5.41) is 9.18. The minimum Gasteiger partial charge on any atom is -0.480 e. The van der Waals surface area contributed by atoms with Crippen LogP contribution in [-0.2, 0) is 16.0 Å². The molecule has 1 atom stereocenters. The number of amides is 1. The SMILES string of the molecule is Cc1cccc2[nH]c(CCC(=O)N(C3CC3)C(C)C(=O)O)nc12. The number of H-pyrrole nitrogens is 1. The van der Waals surface area contributed by atoms with Crippen molar-refractivity contribution in [2.45, 2.75) is 51.6 Å². The Hall–Kier alpha value is -2.37. The lowest BCUT2D eigenvalue weighted by Gasteiger charge is -2.26. The van der Waals surface area contributed by atoms with Gasteiger partial charge in [-0.05, 0) is 38.3 Å². The Morgan fingerprint density at radius 1 is 1.43 bits per heavy atom. The number of rotatable bonds is 6. The van der Waals surface area contributed by atoms with Crippen LogP contribution in [0.2, 0.25) is 0 Å². The molecule has 1 aromatic carbocycles. The maximum Gasteiger partial charge on any atom is 0.326 e. The van der Waals surface area contributed by atoms with Gasteiger partial charge in [0.1, 0.15) is 11.9 Å². The normalized spacial score (nSPS) is 15.6. The van der Waals surface area contributed by atoms with E-state index in [1.54, 1.807) is 6.92 Å². The number of aliphatic carboxylic acids is 1. The molecule has 1 saturated carbocycles. The molecule has 0 saturated heterocycles. The molecule has 6 nitrogen and oxygen atoms in total. The van der Waals surface area contributed by atoms with E-state index in [1.165, 1.54) is 4.90 Å². The largest absolute Gasteiger partial charge is 0.480 e. The van der Waals surface area contributed by atoms with E-state index in [4.69, 9.17) is 0 Å². The third kappa shape index (κ3) is 3.21. The van der Waals surface area contributed by atoms with E-state index in [-0.39, 0.29) is 18.4 Å². The van der Waals surface area contributed by atoms with Gasteiger partial charge in [-0.15, -0.1) is 0 Å². The summed E-state index contributed by atoms with van der Waals surface area (Å²) >= 11 is 0. The average Bonchev–Trinajstić information content (AvgIpc) is 3.24. The quantitative estimate of drug-likeness (QED) is 0.856. The van der Waals surface area contributed by atoms with Crippen LogP contribution in [0.3, 0.4) is 0 Å². The summed E-state index contributed by atoms with van der Waals surface area (Å²) in [5.74, 6) is -0.300. The number of carbonyl (C=O) groups is 2. The van der Waals surface area contributed by atoms with E-state index in [2.05, 4.69) is 9.97 Å². The van der Waals surface area contributed by atoms with E-state index in [9.17, 15) is 14.7 Å². The van der Waals surface area contributed by atoms with Crippen LogP contribution in [0.25, 0.3) is 11.0 Å². The number of carbonyl (C=O) groups excluding carboxylic acids is 1. The topological polar surface area (TPSA) is 86.3 Å². The van der Waals surface area contributed by atoms with Crippen LogP contribution < -0.4 is 0 Å². The van der Waals surface area contributed by atoms with Crippen LogP contribution in [0.4, 0.5) is 0 Å². The highest BCUT2D eigenvalue weighted by Gasteiger charge is 2.38. The van der Waals surface area contributed by atoms with Gasteiger partial charge in [0.25, 0.3) is 0 Å². The number of para-hydroxylation sites is 1. The molecule has 122 valence electrons. The van der Waals surface area contributed by atoms with Crippen LogP contribution in [0, 0.1) is 6.92 Å². The predicted octanol–water partition coefficient (Wildman–Crippen LogP) is 2.27. The van der Waals surface area contributed by atoms with Crippen molar-refractivity contribution >= 4 is 22.9 Å². The maximum absolute atomic E-state index is 12.4. The number of hydrogen-bond donors (Lipinski definition) is 2. The molecule has 1 heterocycles. The zero-order valence-corrected chi connectivity index (χ0v) is 13.4. The average molecular weight is 315 g/mol. The lowest BCUT2D eigenvalue weighted by Crippen LogP contribution is -2.44. The van der Waals surface area contributed by atoms with Gasteiger partial charge in [-0.1, -0.05) is 12.1 Å². The van der Waals surface area contributed by atoms with Crippen molar-refractivity contribution < 1.29 is 14.7 Å². The number of nitrogens with one attached hydrogen (secondary N) is 1. The number of aromatic amines is 1. The minimum atomic E-state index is -0.954. The van der Waals surface area contributed by atoms with Crippen molar-refractivity contribution in [3.8, 4) is 0 Å². The summed E-state index contributed by atoms with van der Waals surface area (Å²) in [4.78, 5) is 32.9. The van der Waals surface area contributed by atoms with E-state index in [0.29, 0.717) is 6.42 Å². The van der Waals surface area contributed by atoms with Gasteiger partial charge < -0.3 is 15.0 Å². The number of carboxylic acid groups (broad SMARTS) is 1. The molecule has 2 aromatic rings. The van der Waals surface area contributed by atoms with Gasteiger partial charge in [0.05, 0.1) is 11.0 Å². The fourth-order valence-corrected chi connectivity index (χ4v) is 2.91. The van der Waals surface area contributed by atoms with E-state index in [1.807, 2.05) is 25.1 Å². The molecule has 1 amide bonds. The number of fused-ring (bicyclic) bond motifs is 1. The molecule has 6 heteroatoms. The Morgan fingerprint density at radius 3 is 2.78 bits per heavy atom. The minimum absolute atomic E-state index is 0.0894. The number of hydrogen-bond acceptors (Lipinski definition) is 3. The number of imidazole rings is 1. The number of benzene rings is 1. The first-order valence-corrected chi connectivity index (χ1v) is 7.95. The zero-order chi connectivity index (χ0) is 16.6. The van der Waals surface area contributed by atoms with E-state index < -0.39 is 12.0 Å². The summed E-state index contributed by atoms with van der Waals surface area (Å²) in [5.41, 5.74) is 2.98. The fourth-order valence-electron chi connectivity index (χ4n) is 2.91. The molecule has 0 aliphatic heterocycles. The van der Waals surface area contributed by atoms with Gasteiger partial charge >= 0.3 is 5.97 Å². The first-order chi connectivity index (χ1) is 11.0. The lowest BCUT2D eigenvalue weighted by atomic mass is 10.2. The molecule has 23 heavy (non-hydrogen) atoms. The Labute approximate surface area is 134 Å². The lowest BCUT2D eigenvalue weighted by molar-refractivity contribution is -0.150. The summed E-state index contributed by atoms with van der Waals surface area (Å²) < 4.78 is 0. The van der Waals surface area contributed by atoms with Gasteiger partial charge in [-0.2, -0.15) is 0 Å². The third-order valence-corrected chi connectivity index (χ3v) is 4.34. The molecular formula is C17H21N3O3. The van der Waals surface area contributed by atoms with Gasteiger partial charge in [0, 0.05) is 18.9 Å². The van der Waals surface area contributed by atoms with Crippen molar-refractivity contribution in [1.82, 2.24) is 14.9 Å². The van der Waals surface area contributed by atoms with E-state index >= 15 is 0 Å². The molecule has 3 rings (SSSR count). The molecular weight excluding hydrogens is 294 g/mol. The number of aromatic nitrogens is 2. The molecule has 0 bridgehead atoms. The molecule has 1 unspecified atom stereocenters. The standard InChI is InChI=1S/C17H21N3O3/c1-10-4-3-5-13-16(10)19-14(18-13)8-9-15(21)20(12-6-7-12)11(2)17(22)23/h3-5,11-12H,6-9H2,1-2H3,(H,18,19)(H,22,23). The van der Waals surface area contributed by atoms with Crippen LogP contribution in [0.1, 0.15) is 37.6 Å². The van der Waals surface area contributed by atoms with Crippen molar-refractivity contribution in [3.63, 3.8) is 0 Å². The van der Waals surface area contributed by atoms with Crippen LogP contribution in [0.15, 0.2) is 18.2 Å². The van der Waals surface area contributed by atoms with E-state index in [0.717, 1.165) is 35.3 Å². The Kier molecular flexibility index (Phi) is 4.07. The van der Waals surface area contributed by atoms with Crippen LogP contribution in [0.5, 0.6) is 0 Å².